The summed E-state index contributed by atoms with van der Waals surface area (Å²) in [4.78, 5) is 4.16. The van der Waals surface area contributed by atoms with Crippen molar-refractivity contribution in [3.8, 4) is 0 Å². The van der Waals surface area contributed by atoms with Crippen LogP contribution in [-0.2, 0) is 0 Å². The van der Waals surface area contributed by atoms with Crippen LogP contribution in [0.5, 0.6) is 0 Å². The van der Waals surface area contributed by atoms with Crippen molar-refractivity contribution in [3.63, 3.8) is 0 Å². The van der Waals surface area contributed by atoms with Gasteiger partial charge in [0.25, 0.3) is 0 Å². The van der Waals surface area contributed by atoms with Crippen LogP contribution in [-0.4, -0.2) is 18.2 Å². The molecule has 0 saturated heterocycles. The van der Waals surface area contributed by atoms with Gasteiger partial charge >= 0.3 is 0 Å². The smallest absolute Gasteiger partial charge is 0.210 e. The van der Waals surface area contributed by atoms with Crippen LogP contribution >= 0.6 is 0 Å². The molecule has 1 aliphatic rings. The summed E-state index contributed by atoms with van der Waals surface area (Å²) < 4.78 is 0. The molecule has 0 fully saturated rings. The SMILES string of the molecule is CC(C)CC1C=NNC(N)=N1. The maximum absolute atomic E-state index is 5.43. The molecule has 4 nitrogen and oxygen atoms in total. The predicted molar refractivity (Wildman–Crippen MR) is 46.5 cm³/mol. The van der Waals surface area contributed by atoms with Gasteiger partial charge in [0, 0.05) is 6.21 Å². The second-order valence-corrected chi connectivity index (χ2v) is 3.10. The van der Waals surface area contributed by atoms with E-state index in [-0.39, 0.29) is 6.04 Å². The number of guanidine groups is 1. The topological polar surface area (TPSA) is 62.8 Å². The largest absolute Gasteiger partial charge is 0.369 e. The summed E-state index contributed by atoms with van der Waals surface area (Å²) in [6.07, 6.45) is 2.79. The Bertz CT molecular complexity index is 183. The first-order valence-electron chi connectivity index (χ1n) is 3.81. The molecule has 3 N–H and O–H groups in total. The molecule has 11 heavy (non-hydrogen) atoms. The third-order valence-electron chi connectivity index (χ3n) is 1.44. The Hall–Kier alpha value is -1.06. The van der Waals surface area contributed by atoms with Gasteiger partial charge < -0.3 is 5.73 Å². The molecule has 1 unspecified atom stereocenters. The van der Waals surface area contributed by atoms with Crippen molar-refractivity contribution in [1.82, 2.24) is 5.43 Å². The van der Waals surface area contributed by atoms with E-state index in [4.69, 9.17) is 5.73 Å². The molecule has 0 radical (unpaired) electrons. The summed E-state index contributed by atoms with van der Waals surface area (Å²) in [5.41, 5.74) is 8.01. The standard InChI is InChI=1S/C7H14N4/c1-5(2)3-6-4-9-11-7(8)10-6/h4-6H,3H2,1-2H3,(H3,8,10,11). The summed E-state index contributed by atoms with van der Waals surface area (Å²) in [6.45, 7) is 4.31. The molecule has 0 saturated carbocycles. The van der Waals surface area contributed by atoms with Crippen LogP contribution in [0.3, 0.4) is 0 Å². The quantitative estimate of drug-likeness (QED) is 0.601. The van der Waals surface area contributed by atoms with Crippen LogP contribution in [0.25, 0.3) is 0 Å². The van der Waals surface area contributed by atoms with Crippen LogP contribution in [0.2, 0.25) is 0 Å². The second-order valence-electron chi connectivity index (χ2n) is 3.10. The van der Waals surface area contributed by atoms with E-state index in [9.17, 15) is 0 Å². The molecule has 4 heteroatoms. The molecule has 1 aliphatic heterocycles. The van der Waals surface area contributed by atoms with Crippen molar-refractivity contribution >= 4 is 12.2 Å². The highest BCUT2D eigenvalue weighted by Crippen LogP contribution is 2.07. The number of rotatable bonds is 2. The molecule has 0 aromatic heterocycles. The zero-order chi connectivity index (χ0) is 8.27. The van der Waals surface area contributed by atoms with Crippen LogP contribution in [0.1, 0.15) is 20.3 Å². The minimum Gasteiger partial charge on any atom is -0.369 e. The molecular weight excluding hydrogens is 140 g/mol. The molecule has 0 aromatic rings. The number of nitrogens with one attached hydrogen (secondary N) is 1. The molecule has 0 spiro atoms. The maximum atomic E-state index is 5.43. The molecule has 1 heterocycles. The first-order chi connectivity index (χ1) is 5.18. The van der Waals surface area contributed by atoms with Gasteiger partial charge in [0.15, 0.2) is 0 Å². The predicted octanol–water partition coefficient (Wildman–Crippen LogP) is 0.305. The lowest BCUT2D eigenvalue weighted by molar-refractivity contribution is 0.559. The molecule has 0 aliphatic carbocycles. The summed E-state index contributed by atoms with van der Waals surface area (Å²) in [7, 11) is 0. The number of nitrogens with zero attached hydrogens (tertiary/aromatic N) is 2. The number of hydrazone groups is 1. The highest BCUT2D eigenvalue weighted by atomic mass is 15.4. The van der Waals surface area contributed by atoms with Crippen molar-refractivity contribution < 1.29 is 0 Å². The van der Waals surface area contributed by atoms with E-state index in [2.05, 4.69) is 29.4 Å². The summed E-state index contributed by atoms with van der Waals surface area (Å²) >= 11 is 0. The Morgan fingerprint density at radius 2 is 2.45 bits per heavy atom. The van der Waals surface area contributed by atoms with E-state index >= 15 is 0 Å². The molecule has 62 valence electrons. The average molecular weight is 154 g/mol. The fourth-order valence-electron chi connectivity index (χ4n) is 1.03. The minimum absolute atomic E-state index is 0.163. The second kappa shape index (κ2) is 3.37. The lowest BCUT2D eigenvalue weighted by atomic mass is 10.1. The number of aliphatic imine (C=N–C) groups is 1. The first-order valence-corrected chi connectivity index (χ1v) is 3.81. The first kappa shape index (κ1) is 8.04. The van der Waals surface area contributed by atoms with Gasteiger partial charge in [0.1, 0.15) is 0 Å². The lowest BCUT2D eigenvalue weighted by Crippen LogP contribution is -2.34. The lowest BCUT2D eigenvalue weighted by Gasteiger charge is -2.14. The summed E-state index contributed by atoms with van der Waals surface area (Å²) in [6, 6.07) is 0.163. The van der Waals surface area contributed by atoms with E-state index in [0.29, 0.717) is 11.9 Å². The van der Waals surface area contributed by atoms with E-state index in [0.717, 1.165) is 6.42 Å². The molecule has 0 bridgehead atoms. The highest BCUT2D eigenvalue weighted by molar-refractivity contribution is 5.83. The van der Waals surface area contributed by atoms with Crippen molar-refractivity contribution in [2.75, 3.05) is 0 Å². The van der Waals surface area contributed by atoms with Gasteiger partial charge in [-0.05, 0) is 12.3 Å². The Morgan fingerprint density at radius 1 is 1.73 bits per heavy atom. The molecule has 0 aromatic carbocycles. The van der Waals surface area contributed by atoms with E-state index in [1.165, 1.54) is 0 Å². The number of hydrogen-bond acceptors (Lipinski definition) is 4. The minimum atomic E-state index is 0.163. The van der Waals surface area contributed by atoms with Gasteiger partial charge in [-0.15, -0.1) is 0 Å². The van der Waals surface area contributed by atoms with Gasteiger partial charge in [0.2, 0.25) is 5.96 Å². The van der Waals surface area contributed by atoms with Gasteiger partial charge in [-0.25, -0.2) is 10.4 Å². The molecular formula is C7H14N4. The van der Waals surface area contributed by atoms with E-state index < -0.39 is 0 Å². The van der Waals surface area contributed by atoms with Crippen LogP contribution < -0.4 is 11.2 Å². The number of hydrogen-bond donors (Lipinski definition) is 2. The third-order valence-corrected chi connectivity index (χ3v) is 1.44. The van der Waals surface area contributed by atoms with Crippen molar-refractivity contribution in [1.29, 1.82) is 0 Å². The monoisotopic (exact) mass is 154 g/mol. The Kier molecular flexibility index (Phi) is 2.46. The summed E-state index contributed by atoms with van der Waals surface area (Å²) in [5, 5.41) is 3.86. The van der Waals surface area contributed by atoms with Gasteiger partial charge in [-0.1, -0.05) is 13.8 Å². The Labute approximate surface area is 66.6 Å². The van der Waals surface area contributed by atoms with Crippen LogP contribution in [0.4, 0.5) is 0 Å². The van der Waals surface area contributed by atoms with Crippen LogP contribution in [0, 0.1) is 5.92 Å². The maximum Gasteiger partial charge on any atom is 0.210 e. The fourth-order valence-corrected chi connectivity index (χ4v) is 1.03. The number of nitrogens with two attached hydrogens (primary N) is 1. The summed E-state index contributed by atoms with van der Waals surface area (Å²) in [5.74, 6) is 1.04. The Morgan fingerprint density at radius 3 is 3.00 bits per heavy atom. The highest BCUT2D eigenvalue weighted by Gasteiger charge is 2.09. The zero-order valence-electron chi connectivity index (χ0n) is 6.91. The van der Waals surface area contributed by atoms with Gasteiger partial charge in [-0.2, -0.15) is 5.10 Å². The molecule has 0 amide bonds. The third kappa shape index (κ3) is 2.57. The zero-order valence-corrected chi connectivity index (χ0v) is 6.91. The molecule has 1 atom stereocenters. The van der Waals surface area contributed by atoms with Crippen molar-refractivity contribution in [2.45, 2.75) is 26.3 Å². The molecule has 1 rings (SSSR count). The van der Waals surface area contributed by atoms with Crippen molar-refractivity contribution in [3.05, 3.63) is 0 Å². The van der Waals surface area contributed by atoms with Gasteiger partial charge in [0.05, 0.1) is 6.04 Å². The fraction of sp³-hybridized carbons (Fsp3) is 0.714. The van der Waals surface area contributed by atoms with E-state index in [1.54, 1.807) is 6.21 Å². The normalized spacial score (nSPS) is 23.2. The Balaban J connectivity index is 2.45. The average Bonchev–Trinajstić information content (AvgIpc) is 1.85. The van der Waals surface area contributed by atoms with E-state index in [1.807, 2.05) is 0 Å². The van der Waals surface area contributed by atoms with Crippen molar-refractivity contribution in [2.24, 2.45) is 21.7 Å². The van der Waals surface area contributed by atoms with Gasteiger partial charge in [-0.3, -0.25) is 0 Å². The van der Waals surface area contributed by atoms with Crippen LogP contribution in [0.15, 0.2) is 10.1 Å².